The minimum absolute atomic E-state index is 0.0766. The largest absolute Gasteiger partial charge is 0.459 e. The Hall–Kier alpha value is -2.82. The highest BCUT2D eigenvalue weighted by Crippen LogP contribution is 2.28. The van der Waals surface area contributed by atoms with Crippen LogP contribution < -0.4 is 10.6 Å². The zero-order chi connectivity index (χ0) is 16.7. The van der Waals surface area contributed by atoms with E-state index in [0.717, 1.165) is 12.8 Å². The summed E-state index contributed by atoms with van der Waals surface area (Å²) in [5.41, 5.74) is -0.850. The molecule has 0 saturated heterocycles. The van der Waals surface area contributed by atoms with Crippen LogP contribution in [0.4, 0.5) is 0 Å². The zero-order valence-electron chi connectivity index (χ0n) is 12.5. The Bertz CT molecular complexity index is 612. The maximum atomic E-state index is 11.8. The molecule has 8 heteroatoms. The SMILES string of the molecule is N#CC1(NC(=O)COC(=O)CNC(=O)c2ccco2)CCCC1. The summed E-state index contributed by atoms with van der Waals surface area (Å²) in [7, 11) is 0. The number of carbonyl (C=O) groups excluding carboxylic acids is 3. The van der Waals surface area contributed by atoms with Crippen LogP contribution in [0, 0.1) is 11.3 Å². The number of nitriles is 1. The summed E-state index contributed by atoms with van der Waals surface area (Å²) >= 11 is 0. The van der Waals surface area contributed by atoms with Crippen LogP contribution in [-0.2, 0) is 14.3 Å². The summed E-state index contributed by atoms with van der Waals surface area (Å²) in [6.45, 7) is -0.866. The van der Waals surface area contributed by atoms with E-state index in [1.807, 2.05) is 0 Å². The molecule has 2 N–H and O–H groups in total. The van der Waals surface area contributed by atoms with Gasteiger partial charge in [-0.15, -0.1) is 0 Å². The Morgan fingerprint density at radius 2 is 2.09 bits per heavy atom. The van der Waals surface area contributed by atoms with Gasteiger partial charge in [-0.3, -0.25) is 14.4 Å². The molecule has 23 heavy (non-hydrogen) atoms. The van der Waals surface area contributed by atoms with Crippen molar-refractivity contribution in [2.24, 2.45) is 0 Å². The topological polar surface area (TPSA) is 121 Å². The van der Waals surface area contributed by atoms with E-state index in [-0.39, 0.29) is 12.3 Å². The van der Waals surface area contributed by atoms with Crippen molar-refractivity contribution in [2.75, 3.05) is 13.2 Å². The number of esters is 1. The fraction of sp³-hybridized carbons (Fsp3) is 0.467. The number of hydrogen-bond acceptors (Lipinski definition) is 6. The van der Waals surface area contributed by atoms with Gasteiger partial charge in [0.1, 0.15) is 12.1 Å². The van der Waals surface area contributed by atoms with E-state index in [9.17, 15) is 14.4 Å². The van der Waals surface area contributed by atoms with Gasteiger partial charge in [-0.05, 0) is 37.8 Å². The normalized spacial score (nSPS) is 15.4. The number of furan rings is 1. The van der Waals surface area contributed by atoms with Gasteiger partial charge >= 0.3 is 5.97 Å². The first-order valence-electron chi connectivity index (χ1n) is 7.24. The second-order valence-electron chi connectivity index (χ2n) is 5.27. The standard InChI is InChI=1S/C15H17N3O5/c16-10-15(5-1-2-6-15)18-12(19)9-23-13(20)8-17-14(21)11-4-3-7-22-11/h3-4,7H,1-2,5-6,8-9H2,(H,17,21)(H,18,19). The average molecular weight is 319 g/mol. The molecule has 1 aliphatic rings. The monoisotopic (exact) mass is 319 g/mol. The first-order chi connectivity index (χ1) is 11.0. The van der Waals surface area contributed by atoms with Gasteiger partial charge in [-0.2, -0.15) is 5.26 Å². The summed E-state index contributed by atoms with van der Waals surface area (Å²) in [6, 6.07) is 5.11. The lowest BCUT2D eigenvalue weighted by Crippen LogP contribution is -2.47. The van der Waals surface area contributed by atoms with Crippen LogP contribution in [0.1, 0.15) is 36.2 Å². The molecule has 0 bridgehead atoms. The Morgan fingerprint density at radius 1 is 1.35 bits per heavy atom. The van der Waals surface area contributed by atoms with E-state index >= 15 is 0 Å². The lowest BCUT2D eigenvalue weighted by molar-refractivity contribution is -0.147. The van der Waals surface area contributed by atoms with Crippen LogP contribution in [0.25, 0.3) is 0 Å². The molecule has 1 aromatic heterocycles. The molecule has 0 unspecified atom stereocenters. The van der Waals surface area contributed by atoms with Crippen LogP contribution in [0.15, 0.2) is 22.8 Å². The predicted octanol–water partition coefficient (Wildman–Crippen LogP) is 0.505. The minimum atomic E-state index is -0.850. The minimum Gasteiger partial charge on any atom is -0.459 e. The zero-order valence-corrected chi connectivity index (χ0v) is 12.5. The predicted molar refractivity (Wildman–Crippen MR) is 77.0 cm³/mol. The molecular formula is C15H17N3O5. The van der Waals surface area contributed by atoms with Crippen molar-refractivity contribution in [1.82, 2.24) is 10.6 Å². The van der Waals surface area contributed by atoms with Crippen LogP contribution in [-0.4, -0.2) is 36.5 Å². The van der Waals surface area contributed by atoms with Crippen LogP contribution in [0.3, 0.4) is 0 Å². The van der Waals surface area contributed by atoms with Crippen molar-refractivity contribution >= 4 is 17.8 Å². The van der Waals surface area contributed by atoms with E-state index in [0.29, 0.717) is 12.8 Å². The molecule has 8 nitrogen and oxygen atoms in total. The molecule has 0 aromatic carbocycles. The van der Waals surface area contributed by atoms with Gasteiger partial charge in [0.25, 0.3) is 11.8 Å². The van der Waals surface area contributed by atoms with Crippen molar-refractivity contribution in [3.8, 4) is 6.07 Å². The summed E-state index contributed by atoms with van der Waals surface area (Å²) in [5, 5.41) is 14.1. The highest BCUT2D eigenvalue weighted by molar-refractivity contribution is 5.93. The number of carbonyl (C=O) groups is 3. The van der Waals surface area contributed by atoms with Gasteiger partial charge in [-0.1, -0.05) is 0 Å². The molecule has 0 aliphatic heterocycles. The number of rotatable bonds is 6. The second-order valence-corrected chi connectivity index (χ2v) is 5.27. The summed E-state index contributed by atoms with van der Waals surface area (Å²) in [5.74, 6) is -1.75. The summed E-state index contributed by atoms with van der Waals surface area (Å²) in [6.07, 6.45) is 4.30. The van der Waals surface area contributed by atoms with E-state index < -0.39 is 29.9 Å². The van der Waals surface area contributed by atoms with Crippen LogP contribution >= 0.6 is 0 Å². The van der Waals surface area contributed by atoms with E-state index in [1.165, 1.54) is 12.3 Å². The Labute approximate surface area is 132 Å². The second kappa shape index (κ2) is 7.45. The van der Waals surface area contributed by atoms with Crippen molar-refractivity contribution in [3.63, 3.8) is 0 Å². The molecular weight excluding hydrogens is 302 g/mol. The fourth-order valence-electron chi connectivity index (χ4n) is 2.39. The molecule has 122 valence electrons. The Balaban J connectivity index is 1.69. The smallest absolute Gasteiger partial charge is 0.325 e. The fourth-order valence-corrected chi connectivity index (χ4v) is 2.39. The van der Waals surface area contributed by atoms with Gasteiger partial charge in [0, 0.05) is 0 Å². The van der Waals surface area contributed by atoms with Gasteiger partial charge in [0.15, 0.2) is 12.4 Å². The average Bonchev–Trinajstić information content (AvgIpc) is 3.22. The summed E-state index contributed by atoms with van der Waals surface area (Å²) < 4.78 is 9.63. The molecule has 1 fully saturated rings. The molecule has 2 amide bonds. The third-order valence-corrected chi connectivity index (χ3v) is 3.55. The Kier molecular flexibility index (Phi) is 5.36. The number of hydrogen-bond donors (Lipinski definition) is 2. The van der Waals surface area contributed by atoms with Crippen LogP contribution in [0.2, 0.25) is 0 Å². The quantitative estimate of drug-likeness (QED) is 0.737. The highest BCUT2D eigenvalue weighted by atomic mass is 16.5. The van der Waals surface area contributed by atoms with Crippen molar-refractivity contribution in [2.45, 2.75) is 31.2 Å². The van der Waals surface area contributed by atoms with E-state index in [4.69, 9.17) is 14.4 Å². The highest BCUT2D eigenvalue weighted by Gasteiger charge is 2.35. The third kappa shape index (κ3) is 4.57. The van der Waals surface area contributed by atoms with Crippen molar-refractivity contribution < 1.29 is 23.5 Å². The molecule has 1 aliphatic carbocycles. The first-order valence-corrected chi connectivity index (χ1v) is 7.24. The molecule has 0 spiro atoms. The lowest BCUT2D eigenvalue weighted by atomic mass is 10.00. The third-order valence-electron chi connectivity index (χ3n) is 3.55. The van der Waals surface area contributed by atoms with Crippen molar-refractivity contribution in [1.29, 1.82) is 5.26 Å². The molecule has 2 rings (SSSR count). The van der Waals surface area contributed by atoms with E-state index in [1.54, 1.807) is 6.07 Å². The van der Waals surface area contributed by atoms with E-state index in [2.05, 4.69) is 16.7 Å². The number of nitrogens with one attached hydrogen (secondary N) is 2. The van der Waals surface area contributed by atoms with Gasteiger partial charge in [0.2, 0.25) is 0 Å². The molecule has 1 heterocycles. The molecule has 0 radical (unpaired) electrons. The first kappa shape index (κ1) is 16.5. The molecule has 1 aromatic rings. The van der Waals surface area contributed by atoms with Crippen molar-refractivity contribution in [3.05, 3.63) is 24.2 Å². The number of ether oxygens (including phenoxy) is 1. The lowest BCUT2D eigenvalue weighted by Gasteiger charge is -2.21. The van der Waals surface area contributed by atoms with Gasteiger partial charge in [-0.25, -0.2) is 0 Å². The maximum absolute atomic E-state index is 11.8. The number of amides is 2. The Morgan fingerprint density at radius 3 is 2.70 bits per heavy atom. The van der Waals surface area contributed by atoms with Gasteiger partial charge in [0.05, 0.1) is 12.3 Å². The molecule has 1 saturated carbocycles. The van der Waals surface area contributed by atoms with Crippen LogP contribution in [0.5, 0.6) is 0 Å². The molecule has 0 atom stereocenters. The summed E-state index contributed by atoms with van der Waals surface area (Å²) in [4.78, 5) is 34.8. The van der Waals surface area contributed by atoms with Gasteiger partial charge < -0.3 is 19.8 Å². The maximum Gasteiger partial charge on any atom is 0.325 e. The number of nitrogens with zero attached hydrogens (tertiary/aromatic N) is 1.